The van der Waals surface area contributed by atoms with Gasteiger partial charge in [-0.3, -0.25) is 14.2 Å². The topological polar surface area (TPSA) is 77.9 Å². The minimum atomic E-state index is -0.240. The Hall–Kier alpha value is -2.83. The lowest BCUT2D eigenvalue weighted by molar-refractivity contribution is 0.0920. The van der Waals surface area contributed by atoms with E-state index in [1.165, 1.54) is 0 Å². The number of carbonyl (C=O) groups is 1. The van der Waals surface area contributed by atoms with E-state index < -0.39 is 0 Å². The zero-order chi connectivity index (χ0) is 15.4. The molecular weight excluding hydrogens is 282 g/mol. The number of amides is 1. The zero-order valence-corrected chi connectivity index (χ0v) is 12.3. The predicted octanol–water partition coefficient (Wildman–Crippen LogP) is 1.67. The molecule has 0 aliphatic heterocycles. The molecule has 0 spiro atoms. The summed E-state index contributed by atoms with van der Waals surface area (Å²) in [5.74, 6) is 0.743. The Balaban J connectivity index is 1.59. The molecule has 0 aliphatic carbocycles. The highest BCUT2D eigenvalue weighted by molar-refractivity contribution is 5.91. The molecule has 0 fully saturated rings. The lowest BCUT2D eigenvalue weighted by Gasteiger charge is -2.05. The first-order chi connectivity index (χ1) is 10.8. The Kier molecular flexibility index (Phi) is 4.04. The van der Waals surface area contributed by atoms with Crippen LogP contribution >= 0.6 is 0 Å². The van der Waals surface area contributed by atoms with Crippen LogP contribution in [0.1, 0.15) is 28.9 Å². The molecule has 114 valence electrons. The number of nitrogens with zero attached hydrogens (tertiary/aromatic N) is 4. The van der Waals surface area contributed by atoms with Crippen molar-refractivity contribution in [2.45, 2.75) is 26.6 Å². The lowest BCUT2D eigenvalue weighted by Crippen LogP contribution is -2.24. The molecule has 0 atom stereocenters. The van der Waals surface area contributed by atoms with Crippen molar-refractivity contribution in [2.75, 3.05) is 0 Å². The highest BCUT2D eigenvalue weighted by Crippen LogP contribution is 2.09. The first-order valence-electron chi connectivity index (χ1n) is 7.11. The van der Waals surface area contributed by atoms with Crippen molar-refractivity contribution in [1.29, 1.82) is 0 Å². The van der Waals surface area contributed by atoms with Crippen LogP contribution in [-0.2, 0) is 19.6 Å². The van der Waals surface area contributed by atoms with Gasteiger partial charge in [-0.1, -0.05) is 0 Å². The van der Waals surface area contributed by atoms with Gasteiger partial charge in [0.1, 0.15) is 5.76 Å². The molecule has 1 amide bonds. The van der Waals surface area contributed by atoms with Crippen LogP contribution in [0.2, 0.25) is 0 Å². The second-order valence-corrected chi connectivity index (χ2v) is 4.79. The molecule has 3 aromatic rings. The number of nitrogens with one attached hydrogen (secondary N) is 1. The fourth-order valence-corrected chi connectivity index (χ4v) is 2.19. The van der Waals surface area contributed by atoms with Crippen LogP contribution in [0.3, 0.4) is 0 Å². The van der Waals surface area contributed by atoms with Crippen molar-refractivity contribution < 1.29 is 9.21 Å². The Morgan fingerprint density at radius 3 is 2.95 bits per heavy atom. The van der Waals surface area contributed by atoms with Crippen LogP contribution in [0, 0.1) is 0 Å². The maximum absolute atomic E-state index is 12.1. The van der Waals surface area contributed by atoms with E-state index in [2.05, 4.69) is 15.5 Å². The monoisotopic (exact) mass is 299 g/mol. The Morgan fingerprint density at radius 2 is 2.18 bits per heavy atom. The van der Waals surface area contributed by atoms with Gasteiger partial charge in [-0.2, -0.15) is 10.2 Å². The summed E-state index contributed by atoms with van der Waals surface area (Å²) in [4.78, 5) is 12.1. The van der Waals surface area contributed by atoms with Crippen molar-refractivity contribution in [1.82, 2.24) is 24.9 Å². The molecule has 0 saturated carbocycles. The van der Waals surface area contributed by atoms with Gasteiger partial charge in [-0.15, -0.1) is 0 Å². The third-order valence-electron chi connectivity index (χ3n) is 3.30. The average molecular weight is 299 g/mol. The first kappa shape index (κ1) is 14.1. The standard InChI is InChI=1S/C15H17N5O2/c1-2-20-12(6-8-18-20)10-16-15(21)14-5-4-13(22-14)11-19-9-3-7-17-19/h3-9H,2,10-11H2,1H3,(H,16,21). The Labute approximate surface area is 127 Å². The molecule has 1 N–H and O–H groups in total. The van der Waals surface area contributed by atoms with Crippen LogP contribution in [-0.4, -0.2) is 25.5 Å². The highest BCUT2D eigenvalue weighted by atomic mass is 16.4. The van der Waals surface area contributed by atoms with Gasteiger partial charge < -0.3 is 9.73 Å². The van der Waals surface area contributed by atoms with Gasteiger partial charge in [0.25, 0.3) is 5.91 Å². The third-order valence-corrected chi connectivity index (χ3v) is 3.30. The molecule has 0 unspecified atom stereocenters. The van der Waals surface area contributed by atoms with Crippen LogP contribution in [0.25, 0.3) is 0 Å². The van der Waals surface area contributed by atoms with Crippen LogP contribution in [0.4, 0.5) is 0 Å². The summed E-state index contributed by atoms with van der Waals surface area (Å²) in [5, 5.41) is 11.1. The number of hydrogen-bond donors (Lipinski definition) is 1. The van der Waals surface area contributed by atoms with E-state index in [-0.39, 0.29) is 5.91 Å². The normalized spacial score (nSPS) is 10.8. The molecule has 22 heavy (non-hydrogen) atoms. The van der Waals surface area contributed by atoms with Gasteiger partial charge in [-0.25, -0.2) is 0 Å². The molecule has 3 rings (SSSR count). The van der Waals surface area contributed by atoms with Crippen molar-refractivity contribution in [3.63, 3.8) is 0 Å². The molecule has 0 aliphatic rings. The molecule has 0 bridgehead atoms. The Bertz CT molecular complexity index is 742. The van der Waals surface area contributed by atoms with E-state index in [0.29, 0.717) is 24.6 Å². The minimum Gasteiger partial charge on any atom is -0.454 e. The van der Waals surface area contributed by atoms with Crippen LogP contribution in [0.5, 0.6) is 0 Å². The number of carbonyl (C=O) groups excluding carboxylic acids is 1. The van der Waals surface area contributed by atoms with E-state index >= 15 is 0 Å². The van der Waals surface area contributed by atoms with Gasteiger partial charge in [0.15, 0.2) is 5.76 Å². The molecular formula is C15H17N5O2. The number of aromatic nitrogens is 4. The largest absolute Gasteiger partial charge is 0.454 e. The summed E-state index contributed by atoms with van der Waals surface area (Å²) in [6, 6.07) is 7.18. The van der Waals surface area contributed by atoms with Gasteiger partial charge in [-0.05, 0) is 31.2 Å². The summed E-state index contributed by atoms with van der Waals surface area (Å²) < 4.78 is 9.13. The van der Waals surface area contributed by atoms with Gasteiger partial charge in [0.2, 0.25) is 0 Å². The van der Waals surface area contributed by atoms with Crippen molar-refractivity contribution in [3.8, 4) is 0 Å². The molecule has 3 aromatic heterocycles. The quantitative estimate of drug-likeness (QED) is 0.751. The Morgan fingerprint density at radius 1 is 1.27 bits per heavy atom. The molecule has 0 saturated heterocycles. The van der Waals surface area contributed by atoms with Crippen molar-refractivity contribution in [2.24, 2.45) is 0 Å². The first-order valence-corrected chi connectivity index (χ1v) is 7.11. The van der Waals surface area contributed by atoms with E-state index in [1.807, 2.05) is 29.9 Å². The minimum absolute atomic E-state index is 0.240. The van der Waals surface area contributed by atoms with Crippen LogP contribution in [0.15, 0.2) is 47.3 Å². The van der Waals surface area contributed by atoms with Crippen molar-refractivity contribution >= 4 is 5.91 Å². The summed E-state index contributed by atoms with van der Waals surface area (Å²) in [7, 11) is 0. The summed E-state index contributed by atoms with van der Waals surface area (Å²) in [6.45, 7) is 3.70. The molecule has 3 heterocycles. The summed E-state index contributed by atoms with van der Waals surface area (Å²) >= 11 is 0. The van der Waals surface area contributed by atoms with E-state index in [0.717, 1.165) is 12.2 Å². The maximum atomic E-state index is 12.1. The number of hydrogen-bond acceptors (Lipinski definition) is 4. The zero-order valence-electron chi connectivity index (χ0n) is 12.3. The van der Waals surface area contributed by atoms with Crippen molar-refractivity contribution in [3.05, 3.63) is 60.1 Å². The van der Waals surface area contributed by atoms with Gasteiger partial charge >= 0.3 is 0 Å². The molecule has 7 nitrogen and oxygen atoms in total. The van der Waals surface area contributed by atoms with E-state index in [4.69, 9.17) is 4.42 Å². The smallest absolute Gasteiger partial charge is 0.287 e. The number of furan rings is 1. The summed E-state index contributed by atoms with van der Waals surface area (Å²) in [5.41, 5.74) is 0.958. The van der Waals surface area contributed by atoms with Gasteiger partial charge in [0, 0.05) is 25.1 Å². The molecule has 0 aromatic carbocycles. The molecule has 7 heteroatoms. The number of aryl methyl sites for hydroxylation is 1. The third kappa shape index (κ3) is 3.08. The average Bonchev–Trinajstić information content (AvgIpc) is 3.26. The highest BCUT2D eigenvalue weighted by Gasteiger charge is 2.12. The lowest BCUT2D eigenvalue weighted by atomic mass is 10.3. The second-order valence-electron chi connectivity index (χ2n) is 4.79. The fourth-order valence-electron chi connectivity index (χ4n) is 2.19. The maximum Gasteiger partial charge on any atom is 0.287 e. The predicted molar refractivity (Wildman–Crippen MR) is 79.1 cm³/mol. The molecule has 0 radical (unpaired) electrons. The number of rotatable bonds is 6. The van der Waals surface area contributed by atoms with E-state index in [9.17, 15) is 4.79 Å². The summed E-state index contributed by atoms with van der Waals surface area (Å²) in [6.07, 6.45) is 5.27. The fraction of sp³-hybridized carbons (Fsp3) is 0.267. The van der Waals surface area contributed by atoms with Crippen LogP contribution < -0.4 is 5.32 Å². The SMILES string of the molecule is CCn1nccc1CNC(=O)c1ccc(Cn2cccn2)o1. The second kappa shape index (κ2) is 6.30. The van der Waals surface area contributed by atoms with Gasteiger partial charge in [0.05, 0.1) is 18.8 Å². The van der Waals surface area contributed by atoms with E-state index in [1.54, 1.807) is 29.2 Å².